The number of hydrogen-bond donors (Lipinski definition) is 1. The van der Waals surface area contributed by atoms with Crippen LogP contribution in [0.3, 0.4) is 0 Å². The zero-order chi connectivity index (χ0) is 22.8. The fourth-order valence-electron chi connectivity index (χ4n) is 3.13. The van der Waals surface area contributed by atoms with Crippen LogP contribution in [0.4, 0.5) is 25.1 Å². The lowest BCUT2D eigenvalue weighted by atomic mass is 9.96. The van der Waals surface area contributed by atoms with E-state index in [0.717, 1.165) is 4.90 Å². The van der Waals surface area contributed by atoms with Gasteiger partial charge in [0.25, 0.3) is 0 Å². The van der Waals surface area contributed by atoms with Crippen LogP contribution in [-0.4, -0.2) is 53.1 Å². The molecule has 1 aromatic carbocycles. The lowest BCUT2D eigenvalue weighted by molar-refractivity contribution is 0.0461. The number of hydrogen-bond acceptors (Lipinski definition) is 7. The van der Waals surface area contributed by atoms with Crippen molar-refractivity contribution in [3.8, 4) is 0 Å². The van der Waals surface area contributed by atoms with Crippen molar-refractivity contribution in [3.05, 3.63) is 41.6 Å². The Balaban J connectivity index is 1.99. The first-order valence-corrected chi connectivity index (χ1v) is 10.9. The predicted octanol–water partition coefficient (Wildman–Crippen LogP) is 4.62. The van der Waals surface area contributed by atoms with E-state index in [2.05, 4.69) is 20.3 Å². The Morgan fingerprint density at radius 1 is 1.35 bits per heavy atom. The largest absolute Gasteiger partial charge is 0.443 e. The molecule has 0 saturated heterocycles. The van der Waals surface area contributed by atoms with Crippen molar-refractivity contribution in [3.63, 3.8) is 0 Å². The standard InChI is InChI=1S/C21H25F2N5O2S/c1-20(2,3)30-19(29)28-12-21(22,23)16(14-8-6-7-9-15(14)28)25-10-13-11-26-18(31-5)27-17(13)24-4/h6-9,11H,10,12H2,1-5H3,(H,24,26,27)/b25-16-. The summed E-state index contributed by atoms with van der Waals surface area (Å²) in [6.45, 7) is 4.19. The SMILES string of the molecule is CNc1nc(SC)ncc1C/N=C1/c2ccccc2N(C(=O)OC(C)(C)C)CC1(F)F. The molecule has 7 nitrogen and oxygen atoms in total. The van der Waals surface area contributed by atoms with Crippen molar-refractivity contribution in [2.75, 3.05) is 30.1 Å². The first kappa shape index (κ1) is 22.9. The number of carbonyl (C=O) groups excluding carboxylic acids is 1. The number of nitrogens with zero attached hydrogens (tertiary/aromatic N) is 4. The summed E-state index contributed by atoms with van der Waals surface area (Å²) >= 11 is 1.38. The second kappa shape index (κ2) is 8.78. The Hall–Kier alpha value is -2.75. The maximum Gasteiger partial charge on any atom is 0.415 e. The molecule has 0 radical (unpaired) electrons. The summed E-state index contributed by atoms with van der Waals surface area (Å²) < 4.78 is 35.7. The average molecular weight is 450 g/mol. The van der Waals surface area contributed by atoms with Gasteiger partial charge in [-0.15, -0.1) is 0 Å². The molecule has 10 heteroatoms. The highest BCUT2D eigenvalue weighted by Gasteiger charge is 2.47. The Kier molecular flexibility index (Phi) is 6.49. The molecule has 1 N–H and O–H groups in total. The zero-order valence-corrected chi connectivity index (χ0v) is 18.9. The second-order valence-corrected chi connectivity index (χ2v) is 8.71. The van der Waals surface area contributed by atoms with Gasteiger partial charge in [-0.25, -0.2) is 14.8 Å². The van der Waals surface area contributed by atoms with Gasteiger partial charge in [0.2, 0.25) is 0 Å². The van der Waals surface area contributed by atoms with E-state index in [1.165, 1.54) is 17.8 Å². The van der Waals surface area contributed by atoms with E-state index in [1.54, 1.807) is 52.2 Å². The van der Waals surface area contributed by atoms with Gasteiger partial charge in [-0.1, -0.05) is 30.0 Å². The van der Waals surface area contributed by atoms with E-state index in [0.29, 0.717) is 22.2 Å². The van der Waals surface area contributed by atoms with Crippen molar-refractivity contribution in [1.29, 1.82) is 0 Å². The quantitative estimate of drug-likeness (QED) is 0.542. The minimum absolute atomic E-state index is 0.0312. The fraction of sp³-hybridized carbons (Fsp3) is 0.429. The molecule has 0 spiro atoms. The van der Waals surface area contributed by atoms with Crippen LogP contribution in [0.15, 0.2) is 40.6 Å². The molecule has 1 aliphatic heterocycles. The van der Waals surface area contributed by atoms with Gasteiger partial charge < -0.3 is 10.1 Å². The molecule has 1 aliphatic rings. The summed E-state index contributed by atoms with van der Waals surface area (Å²) in [5.74, 6) is -2.82. The third-order valence-corrected chi connectivity index (χ3v) is 5.00. The number of anilines is 2. The van der Waals surface area contributed by atoms with Gasteiger partial charge in [-0.2, -0.15) is 8.78 Å². The topological polar surface area (TPSA) is 79.7 Å². The molecular weight excluding hydrogens is 424 g/mol. The number of para-hydroxylation sites is 1. The summed E-state index contributed by atoms with van der Waals surface area (Å²) in [5, 5.41) is 3.52. The maximum atomic E-state index is 15.2. The van der Waals surface area contributed by atoms with E-state index in [9.17, 15) is 4.79 Å². The minimum atomic E-state index is -3.36. The van der Waals surface area contributed by atoms with E-state index in [4.69, 9.17) is 4.74 Å². The number of thioether (sulfide) groups is 1. The molecule has 1 amide bonds. The molecule has 2 aromatic rings. The number of aromatic nitrogens is 2. The lowest BCUT2D eigenvalue weighted by Crippen LogP contribution is -2.51. The van der Waals surface area contributed by atoms with E-state index >= 15 is 8.78 Å². The molecule has 166 valence electrons. The molecule has 1 aromatic heterocycles. The molecule has 0 saturated carbocycles. The van der Waals surface area contributed by atoms with E-state index < -0.39 is 24.2 Å². The second-order valence-electron chi connectivity index (χ2n) is 7.93. The highest BCUT2D eigenvalue weighted by molar-refractivity contribution is 7.98. The third-order valence-electron chi connectivity index (χ3n) is 4.44. The molecule has 3 rings (SSSR count). The summed E-state index contributed by atoms with van der Waals surface area (Å²) in [7, 11) is 1.70. The number of nitrogens with one attached hydrogen (secondary N) is 1. The summed E-state index contributed by atoms with van der Waals surface area (Å²) in [6, 6.07) is 6.47. The van der Waals surface area contributed by atoms with Gasteiger partial charge >= 0.3 is 12.0 Å². The normalized spacial score (nSPS) is 16.7. The van der Waals surface area contributed by atoms with Crippen molar-refractivity contribution in [1.82, 2.24) is 9.97 Å². The molecule has 0 unspecified atom stereocenters. The number of ether oxygens (including phenoxy) is 1. The van der Waals surface area contributed by atoms with Gasteiger partial charge in [-0.05, 0) is 33.1 Å². The maximum absolute atomic E-state index is 15.2. The number of alkyl halides is 2. The van der Waals surface area contributed by atoms with Crippen LogP contribution in [0.1, 0.15) is 31.9 Å². The Labute approximate surface area is 184 Å². The van der Waals surface area contributed by atoms with Gasteiger partial charge in [0.15, 0.2) is 5.16 Å². The average Bonchev–Trinajstić information content (AvgIpc) is 2.71. The van der Waals surface area contributed by atoms with Gasteiger partial charge in [0.1, 0.15) is 17.1 Å². The van der Waals surface area contributed by atoms with Gasteiger partial charge in [0, 0.05) is 24.4 Å². The molecule has 2 heterocycles. The summed E-state index contributed by atoms with van der Waals surface area (Å²) in [4.78, 5) is 26.3. The molecular formula is C21H25F2N5O2S. The van der Waals surface area contributed by atoms with Crippen molar-refractivity contribution in [2.45, 2.75) is 44.0 Å². The van der Waals surface area contributed by atoms with Crippen LogP contribution in [0.2, 0.25) is 0 Å². The number of rotatable bonds is 4. The highest BCUT2D eigenvalue weighted by atomic mass is 32.2. The zero-order valence-electron chi connectivity index (χ0n) is 18.1. The van der Waals surface area contributed by atoms with Gasteiger partial charge in [0.05, 0.1) is 18.8 Å². The number of benzene rings is 1. The van der Waals surface area contributed by atoms with Crippen molar-refractivity contribution in [2.24, 2.45) is 4.99 Å². The molecule has 0 aliphatic carbocycles. The summed E-state index contributed by atoms with van der Waals surface area (Å²) in [5.41, 5.74) is -0.0570. The van der Waals surface area contributed by atoms with Gasteiger partial charge in [-0.3, -0.25) is 9.89 Å². The highest BCUT2D eigenvalue weighted by Crippen LogP contribution is 2.36. The van der Waals surface area contributed by atoms with Crippen LogP contribution in [-0.2, 0) is 11.3 Å². The number of amides is 1. The summed E-state index contributed by atoms with van der Waals surface area (Å²) in [6.07, 6.45) is 2.61. The van der Waals surface area contributed by atoms with Crippen molar-refractivity contribution >= 4 is 35.1 Å². The van der Waals surface area contributed by atoms with Crippen LogP contribution in [0.5, 0.6) is 0 Å². The number of aliphatic imine (C=N–C) groups is 1. The number of fused-ring (bicyclic) bond motifs is 1. The Morgan fingerprint density at radius 2 is 2.06 bits per heavy atom. The lowest BCUT2D eigenvalue weighted by Gasteiger charge is -2.36. The van der Waals surface area contributed by atoms with Crippen LogP contribution in [0.25, 0.3) is 0 Å². The van der Waals surface area contributed by atoms with E-state index in [1.807, 2.05) is 6.26 Å². The third kappa shape index (κ3) is 5.12. The molecule has 0 fully saturated rings. The smallest absolute Gasteiger partial charge is 0.415 e. The Morgan fingerprint density at radius 3 is 2.71 bits per heavy atom. The number of carbonyl (C=O) groups is 1. The monoisotopic (exact) mass is 449 g/mol. The predicted molar refractivity (Wildman–Crippen MR) is 119 cm³/mol. The van der Waals surface area contributed by atoms with Crippen molar-refractivity contribution < 1.29 is 18.3 Å². The molecule has 31 heavy (non-hydrogen) atoms. The number of halogens is 2. The van der Waals surface area contributed by atoms with Crippen LogP contribution >= 0.6 is 11.8 Å². The fourth-order valence-corrected chi connectivity index (χ4v) is 3.47. The first-order valence-electron chi connectivity index (χ1n) is 9.66. The first-order chi connectivity index (χ1) is 14.6. The minimum Gasteiger partial charge on any atom is -0.443 e. The van der Waals surface area contributed by atoms with E-state index in [-0.39, 0.29) is 17.8 Å². The molecule has 0 atom stereocenters. The van der Waals surface area contributed by atoms with Crippen LogP contribution in [0, 0.1) is 0 Å². The van der Waals surface area contributed by atoms with Crippen LogP contribution < -0.4 is 10.2 Å². The molecule has 0 bridgehead atoms. The Bertz CT molecular complexity index is 1010.